The SMILES string of the molecule is O=C(Nc1cccnc1)C1CC(=O)N(c2cccc3ccccc23)C1. The van der Waals surface area contributed by atoms with Crippen molar-refractivity contribution in [3.63, 3.8) is 0 Å². The molecule has 1 aromatic heterocycles. The molecule has 5 nitrogen and oxygen atoms in total. The molecule has 4 rings (SSSR count). The summed E-state index contributed by atoms with van der Waals surface area (Å²) < 4.78 is 0. The second-order valence-electron chi connectivity index (χ2n) is 6.13. The maximum Gasteiger partial charge on any atom is 0.229 e. The zero-order valence-corrected chi connectivity index (χ0v) is 13.6. The number of fused-ring (bicyclic) bond motifs is 1. The first-order valence-electron chi connectivity index (χ1n) is 8.21. The molecule has 5 heteroatoms. The highest BCUT2D eigenvalue weighted by Crippen LogP contribution is 2.32. The molecule has 1 saturated heterocycles. The van der Waals surface area contributed by atoms with E-state index in [4.69, 9.17) is 0 Å². The number of aromatic nitrogens is 1. The summed E-state index contributed by atoms with van der Waals surface area (Å²) in [6.07, 6.45) is 3.46. The van der Waals surface area contributed by atoms with Crippen LogP contribution in [0.4, 0.5) is 11.4 Å². The standard InChI is InChI=1S/C20H17N3O2/c24-19-11-15(20(25)22-16-7-4-10-21-12-16)13-23(19)18-9-3-6-14-5-1-2-8-17(14)18/h1-10,12,15H,11,13H2,(H,22,25). The lowest BCUT2D eigenvalue weighted by atomic mass is 10.1. The number of nitrogens with one attached hydrogen (secondary N) is 1. The van der Waals surface area contributed by atoms with E-state index in [1.165, 1.54) is 0 Å². The Morgan fingerprint density at radius 3 is 2.76 bits per heavy atom. The van der Waals surface area contributed by atoms with E-state index in [0.717, 1.165) is 16.5 Å². The fourth-order valence-electron chi connectivity index (χ4n) is 3.24. The Balaban J connectivity index is 1.57. The third kappa shape index (κ3) is 2.96. The fourth-order valence-corrected chi connectivity index (χ4v) is 3.24. The van der Waals surface area contributed by atoms with Crippen LogP contribution in [-0.4, -0.2) is 23.3 Å². The van der Waals surface area contributed by atoms with Gasteiger partial charge in [-0.15, -0.1) is 0 Å². The zero-order chi connectivity index (χ0) is 17.2. The molecule has 3 aromatic rings. The maximum absolute atomic E-state index is 12.5. The van der Waals surface area contributed by atoms with Gasteiger partial charge in [0.05, 0.1) is 23.5 Å². The predicted molar refractivity (Wildman–Crippen MR) is 97.3 cm³/mol. The van der Waals surface area contributed by atoms with Crippen molar-refractivity contribution in [3.8, 4) is 0 Å². The highest BCUT2D eigenvalue weighted by Gasteiger charge is 2.35. The summed E-state index contributed by atoms with van der Waals surface area (Å²) in [5, 5.41) is 4.93. The van der Waals surface area contributed by atoms with E-state index in [1.807, 2.05) is 42.5 Å². The van der Waals surface area contributed by atoms with Crippen LogP contribution >= 0.6 is 0 Å². The van der Waals surface area contributed by atoms with E-state index < -0.39 is 0 Å². The number of hydrogen-bond donors (Lipinski definition) is 1. The van der Waals surface area contributed by atoms with Crippen LogP contribution in [0.2, 0.25) is 0 Å². The van der Waals surface area contributed by atoms with Gasteiger partial charge in [-0.05, 0) is 23.6 Å². The first-order valence-corrected chi connectivity index (χ1v) is 8.21. The molecule has 1 unspecified atom stereocenters. The Morgan fingerprint density at radius 2 is 1.92 bits per heavy atom. The minimum Gasteiger partial charge on any atom is -0.324 e. The van der Waals surface area contributed by atoms with Crippen molar-refractivity contribution < 1.29 is 9.59 Å². The van der Waals surface area contributed by atoms with Crippen molar-refractivity contribution in [2.75, 3.05) is 16.8 Å². The molecule has 0 spiro atoms. The topological polar surface area (TPSA) is 62.3 Å². The maximum atomic E-state index is 12.5. The molecular weight excluding hydrogens is 314 g/mol. The summed E-state index contributed by atoms with van der Waals surface area (Å²) in [6.45, 7) is 0.388. The number of hydrogen-bond acceptors (Lipinski definition) is 3. The molecule has 25 heavy (non-hydrogen) atoms. The van der Waals surface area contributed by atoms with Crippen molar-refractivity contribution in [2.24, 2.45) is 5.92 Å². The Morgan fingerprint density at radius 1 is 1.08 bits per heavy atom. The second-order valence-corrected chi connectivity index (χ2v) is 6.13. The minimum atomic E-state index is -0.369. The Hall–Kier alpha value is -3.21. The Labute approximate surface area is 145 Å². The minimum absolute atomic E-state index is 0.0253. The molecule has 2 heterocycles. The fraction of sp³-hybridized carbons (Fsp3) is 0.150. The first kappa shape index (κ1) is 15.3. The number of rotatable bonds is 3. The van der Waals surface area contributed by atoms with Gasteiger partial charge in [-0.1, -0.05) is 36.4 Å². The molecule has 1 fully saturated rings. The molecule has 0 bridgehead atoms. The lowest BCUT2D eigenvalue weighted by molar-refractivity contribution is -0.122. The average molecular weight is 331 g/mol. The number of anilines is 2. The molecule has 1 atom stereocenters. The highest BCUT2D eigenvalue weighted by atomic mass is 16.2. The van der Waals surface area contributed by atoms with Gasteiger partial charge in [0, 0.05) is 24.5 Å². The van der Waals surface area contributed by atoms with Crippen LogP contribution in [0.15, 0.2) is 67.0 Å². The van der Waals surface area contributed by atoms with Crippen LogP contribution in [-0.2, 0) is 9.59 Å². The van der Waals surface area contributed by atoms with Crippen LogP contribution in [0.5, 0.6) is 0 Å². The summed E-state index contributed by atoms with van der Waals surface area (Å²) in [7, 11) is 0. The molecule has 1 N–H and O–H groups in total. The van der Waals surface area contributed by atoms with Crippen molar-refractivity contribution in [2.45, 2.75) is 6.42 Å². The molecule has 2 amide bonds. The van der Waals surface area contributed by atoms with Crippen molar-refractivity contribution in [3.05, 3.63) is 67.0 Å². The summed E-state index contributed by atoms with van der Waals surface area (Å²) in [4.78, 5) is 30.7. The quantitative estimate of drug-likeness (QED) is 0.801. The lowest BCUT2D eigenvalue weighted by Crippen LogP contribution is -2.28. The number of nitrogens with zero attached hydrogens (tertiary/aromatic N) is 2. The van der Waals surface area contributed by atoms with Gasteiger partial charge in [-0.25, -0.2) is 0 Å². The van der Waals surface area contributed by atoms with E-state index in [0.29, 0.717) is 12.2 Å². The van der Waals surface area contributed by atoms with Gasteiger partial charge in [0.25, 0.3) is 0 Å². The summed E-state index contributed by atoms with van der Waals surface area (Å²) in [6, 6.07) is 17.4. The Kier molecular flexibility index (Phi) is 3.90. The molecule has 2 aromatic carbocycles. The number of carbonyl (C=O) groups excluding carboxylic acids is 2. The van der Waals surface area contributed by atoms with Crippen molar-refractivity contribution >= 4 is 34.0 Å². The average Bonchev–Trinajstić information content (AvgIpc) is 3.04. The third-order valence-corrected chi connectivity index (χ3v) is 4.48. The molecule has 0 aliphatic carbocycles. The number of amides is 2. The van der Waals surface area contributed by atoms with E-state index in [-0.39, 0.29) is 24.2 Å². The van der Waals surface area contributed by atoms with Crippen LogP contribution < -0.4 is 10.2 Å². The van der Waals surface area contributed by atoms with Crippen molar-refractivity contribution in [1.29, 1.82) is 0 Å². The predicted octanol–water partition coefficient (Wildman–Crippen LogP) is 3.23. The molecule has 1 aliphatic rings. The van der Waals surface area contributed by atoms with E-state index >= 15 is 0 Å². The number of benzene rings is 2. The van der Waals surface area contributed by atoms with Crippen LogP contribution in [0.1, 0.15) is 6.42 Å². The Bertz CT molecular complexity index is 935. The summed E-state index contributed by atoms with van der Waals surface area (Å²) in [5.41, 5.74) is 1.50. The van der Waals surface area contributed by atoms with Crippen LogP contribution in [0.3, 0.4) is 0 Å². The second kappa shape index (κ2) is 6.36. The van der Waals surface area contributed by atoms with Gasteiger partial charge >= 0.3 is 0 Å². The zero-order valence-electron chi connectivity index (χ0n) is 13.6. The molecule has 0 saturated carbocycles. The highest BCUT2D eigenvalue weighted by molar-refractivity contribution is 6.08. The van der Waals surface area contributed by atoms with E-state index in [9.17, 15) is 9.59 Å². The van der Waals surface area contributed by atoms with E-state index in [1.54, 1.807) is 29.4 Å². The molecular formula is C20H17N3O2. The van der Waals surface area contributed by atoms with Crippen LogP contribution in [0, 0.1) is 5.92 Å². The third-order valence-electron chi connectivity index (χ3n) is 4.48. The molecule has 1 aliphatic heterocycles. The lowest BCUT2D eigenvalue weighted by Gasteiger charge is -2.19. The van der Waals surface area contributed by atoms with Crippen molar-refractivity contribution in [1.82, 2.24) is 4.98 Å². The first-order chi connectivity index (χ1) is 12.2. The van der Waals surface area contributed by atoms with Gasteiger partial charge in [0.15, 0.2) is 0 Å². The van der Waals surface area contributed by atoms with Gasteiger partial charge in [0.1, 0.15) is 0 Å². The number of pyridine rings is 1. The summed E-state index contributed by atoms with van der Waals surface area (Å²) in [5.74, 6) is -0.543. The largest absolute Gasteiger partial charge is 0.324 e. The monoisotopic (exact) mass is 331 g/mol. The van der Waals surface area contributed by atoms with Gasteiger partial charge in [0.2, 0.25) is 11.8 Å². The van der Waals surface area contributed by atoms with Crippen LogP contribution in [0.25, 0.3) is 10.8 Å². The van der Waals surface area contributed by atoms with E-state index in [2.05, 4.69) is 10.3 Å². The smallest absolute Gasteiger partial charge is 0.229 e. The molecule has 0 radical (unpaired) electrons. The van der Waals surface area contributed by atoms with Gasteiger partial charge in [-0.3, -0.25) is 14.6 Å². The van der Waals surface area contributed by atoms with Gasteiger partial charge in [-0.2, -0.15) is 0 Å². The van der Waals surface area contributed by atoms with Gasteiger partial charge < -0.3 is 10.2 Å². The molecule has 124 valence electrons. The summed E-state index contributed by atoms with van der Waals surface area (Å²) >= 11 is 0. The normalized spacial score (nSPS) is 17.0. The number of carbonyl (C=O) groups is 2.